The van der Waals surface area contributed by atoms with Crippen LogP contribution in [-0.2, 0) is 12.8 Å². The minimum Gasteiger partial charge on any atom is -0.494 e. The smallest absolute Gasteiger partial charge is 0.148 e. The molecule has 0 saturated carbocycles. The minimum absolute atomic E-state index is 0.296. The molecule has 0 amide bonds. The van der Waals surface area contributed by atoms with Crippen LogP contribution >= 0.6 is 0 Å². The van der Waals surface area contributed by atoms with Gasteiger partial charge in [0.15, 0.2) is 0 Å². The summed E-state index contributed by atoms with van der Waals surface area (Å²) in [5, 5.41) is 3.99. The number of anilines is 1. The summed E-state index contributed by atoms with van der Waals surface area (Å²) in [6.45, 7) is 0. The largest absolute Gasteiger partial charge is 0.494 e. The van der Waals surface area contributed by atoms with E-state index in [2.05, 4.69) is 10.3 Å². The number of halogens is 1. The number of benzene rings is 1. The molecule has 0 atom stereocenters. The van der Waals surface area contributed by atoms with Crippen LogP contribution in [0.4, 0.5) is 10.1 Å². The first-order valence-corrected chi connectivity index (χ1v) is 6.11. The van der Waals surface area contributed by atoms with Crippen molar-refractivity contribution in [1.82, 2.24) is 4.98 Å². The van der Waals surface area contributed by atoms with E-state index in [1.807, 2.05) is 7.05 Å². The maximum atomic E-state index is 13.6. The van der Waals surface area contributed by atoms with Crippen LogP contribution in [0.15, 0.2) is 12.1 Å². The second-order valence-electron chi connectivity index (χ2n) is 4.52. The predicted molar refractivity (Wildman–Crippen MR) is 69.8 cm³/mol. The van der Waals surface area contributed by atoms with Gasteiger partial charge in [-0.05, 0) is 30.9 Å². The molecule has 3 nitrogen and oxygen atoms in total. The fourth-order valence-electron chi connectivity index (χ4n) is 2.74. The van der Waals surface area contributed by atoms with Gasteiger partial charge in [-0.2, -0.15) is 0 Å². The van der Waals surface area contributed by atoms with Gasteiger partial charge < -0.3 is 10.1 Å². The zero-order valence-electron chi connectivity index (χ0n) is 10.5. The number of aryl methyl sites for hydroxylation is 1. The number of methoxy groups -OCH3 is 1. The van der Waals surface area contributed by atoms with Crippen LogP contribution < -0.4 is 10.1 Å². The summed E-state index contributed by atoms with van der Waals surface area (Å²) in [5.41, 5.74) is 4.06. The van der Waals surface area contributed by atoms with Crippen molar-refractivity contribution < 1.29 is 9.13 Å². The van der Waals surface area contributed by atoms with E-state index in [4.69, 9.17) is 4.74 Å². The molecule has 3 rings (SSSR count). The number of hydrogen-bond acceptors (Lipinski definition) is 3. The monoisotopic (exact) mass is 246 g/mol. The summed E-state index contributed by atoms with van der Waals surface area (Å²) in [6.07, 6.45) is 3.10. The zero-order chi connectivity index (χ0) is 12.7. The quantitative estimate of drug-likeness (QED) is 0.884. The van der Waals surface area contributed by atoms with E-state index in [0.29, 0.717) is 5.75 Å². The van der Waals surface area contributed by atoms with Crippen molar-refractivity contribution in [2.24, 2.45) is 0 Å². The fourth-order valence-corrected chi connectivity index (χ4v) is 2.74. The van der Waals surface area contributed by atoms with Gasteiger partial charge in [0.05, 0.1) is 7.11 Å². The lowest BCUT2D eigenvalue weighted by Gasteiger charge is -2.14. The number of hydrogen-bond donors (Lipinski definition) is 1. The van der Waals surface area contributed by atoms with Crippen LogP contribution in [0.1, 0.15) is 17.7 Å². The molecule has 1 aromatic heterocycles. The molecule has 2 aromatic rings. The molecule has 1 aromatic carbocycles. The molecule has 4 heteroatoms. The summed E-state index contributed by atoms with van der Waals surface area (Å²) >= 11 is 0. The summed E-state index contributed by atoms with van der Waals surface area (Å²) in [5.74, 6) is 0.201. The Kier molecular flexibility index (Phi) is 2.58. The van der Waals surface area contributed by atoms with Gasteiger partial charge in [-0.25, -0.2) is 9.37 Å². The van der Waals surface area contributed by atoms with Crippen molar-refractivity contribution >= 4 is 16.6 Å². The Morgan fingerprint density at radius 2 is 2.17 bits per heavy atom. The molecule has 0 bridgehead atoms. The van der Waals surface area contributed by atoms with Gasteiger partial charge in [0.1, 0.15) is 17.1 Å². The molecule has 0 radical (unpaired) electrons. The third kappa shape index (κ3) is 1.52. The minimum atomic E-state index is -0.296. The van der Waals surface area contributed by atoms with Crippen molar-refractivity contribution in [3.05, 3.63) is 29.2 Å². The number of ether oxygens (including phenoxy) is 1. The van der Waals surface area contributed by atoms with Gasteiger partial charge in [-0.15, -0.1) is 0 Å². The summed E-state index contributed by atoms with van der Waals surface area (Å²) in [4.78, 5) is 4.64. The van der Waals surface area contributed by atoms with Crippen LogP contribution in [0, 0.1) is 5.82 Å². The van der Waals surface area contributed by atoms with Crippen LogP contribution in [0.3, 0.4) is 0 Å². The third-order valence-corrected chi connectivity index (χ3v) is 3.52. The molecule has 0 saturated heterocycles. The third-order valence-electron chi connectivity index (χ3n) is 3.52. The average Bonchev–Trinajstić information content (AvgIpc) is 2.83. The van der Waals surface area contributed by atoms with Crippen molar-refractivity contribution in [2.45, 2.75) is 19.3 Å². The molecule has 94 valence electrons. The Labute approximate surface area is 105 Å². The van der Waals surface area contributed by atoms with Crippen LogP contribution in [0.2, 0.25) is 0 Å². The van der Waals surface area contributed by atoms with Crippen molar-refractivity contribution in [1.29, 1.82) is 0 Å². The van der Waals surface area contributed by atoms with Gasteiger partial charge in [-0.1, -0.05) is 0 Å². The van der Waals surface area contributed by atoms with E-state index < -0.39 is 0 Å². The second kappa shape index (κ2) is 4.12. The van der Waals surface area contributed by atoms with Gasteiger partial charge in [-0.3, -0.25) is 0 Å². The molecule has 0 fully saturated rings. The number of rotatable bonds is 2. The maximum Gasteiger partial charge on any atom is 0.148 e. The molecule has 0 spiro atoms. The topological polar surface area (TPSA) is 34.2 Å². The lowest BCUT2D eigenvalue weighted by atomic mass is 10.1. The first kappa shape index (κ1) is 11.3. The van der Waals surface area contributed by atoms with Gasteiger partial charge in [0.2, 0.25) is 0 Å². The number of pyridine rings is 1. The van der Waals surface area contributed by atoms with Gasteiger partial charge in [0, 0.05) is 29.9 Å². The number of aromatic nitrogens is 1. The zero-order valence-corrected chi connectivity index (χ0v) is 10.5. The molecule has 18 heavy (non-hydrogen) atoms. The van der Waals surface area contributed by atoms with E-state index in [9.17, 15) is 4.39 Å². The first-order valence-electron chi connectivity index (χ1n) is 6.11. The number of fused-ring (bicyclic) bond motifs is 2. The molecular formula is C14H15FN2O. The molecule has 1 aliphatic rings. The van der Waals surface area contributed by atoms with Gasteiger partial charge >= 0.3 is 0 Å². The van der Waals surface area contributed by atoms with Crippen LogP contribution in [0.25, 0.3) is 10.9 Å². The summed E-state index contributed by atoms with van der Waals surface area (Å²) in [6, 6.07) is 2.91. The Morgan fingerprint density at radius 1 is 1.33 bits per heavy atom. The summed E-state index contributed by atoms with van der Waals surface area (Å²) < 4.78 is 18.9. The highest BCUT2D eigenvalue weighted by atomic mass is 19.1. The molecule has 0 aliphatic heterocycles. The highest BCUT2D eigenvalue weighted by Crippen LogP contribution is 2.37. The summed E-state index contributed by atoms with van der Waals surface area (Å²) in [7, 11) is 3.41. The Hall–Kier alpha value is -1.84. The molecule has 1 heterocycles. The molecule has 1 N–H and O–H groups in total. The van der Waals surface area contributed by atoms with E-state index in [-0.39, 0.29) is 5.82 Å². The first-order chi connectivity index (χ1) is 8.74. The van der Waals surface area contributed by atoms with E-state index in [1.54, 1.807) is 7.11 Å². The predicted octanol–water partition coefficient (Wildman–Crippen LogP) is 2.91. The Morgan fingerprint density at radius 3 is 2.89 bits per heavy atom. The molecular weight excluding hydrogens is 231 g/mol. The van der Waals surface area contributed by atoms with Crippen molar-refractivity contribution in [2.75, 3.05) is 19.5 Å². The van der Waals surface area contributed by atoms with E-state index >= 15 is 0 Å². The second-order valence-corrected chi connectivity index (χ2v) is 4.52. The van der Waals surface area contributed by atoms with Crippen molar-refractivity contribution in [3.8, 4) is 5.75 Å². The lowest BCUT2D eigenvalue weighted by Crippen LogP contribution is -2.01. The van der Waals surface area contributed by atoms with Crippen LogP contribution in [-0.4, -0.2) is 19.1 Å². The normalized spacial score (nSPS) is 13.7. The SMILES string of the molecule is CNc1c2c(nc3c(OC)cc(F)cc13)CCC2. The highest BCUT2D eigenvalue weighted by molar-refractivity contribution is 5.97. The van der Waals surface area contributed by atoms with Gasteiger partial charge in [0.25, 0.3) is 0 Å². The maximum absolute atomic E-state index is 13.6. The van der Waals surface area contributed by atoms with E-state index in [0.717, 1.165) is 41.5 Å². The van der Waals surface area contributed by atoms with Crippen molar-refractivity contribution in [3.63, 3.8) is 0 Å². The highest BCUT2D eigenvalue weighted by Gasteiger charge is 2.21. The molecule has 1 aliphatic carbocycles. The fraction of sp³-hybridized carbons (Fsp3) is 0.357. The standard InChI is InChI=1S/C14H15FN2O/c1-16-13-9-4-3-5-11(9)17-14-10(13)6-8(15)7-12(14)18-2/h6-7H,3-5H2,1-2H3,(H,16,17). The van der Waals surface area contributed by atoms with Crippen LogP contribution in [0.5, 0.6) is 5.75 Å². The average molecular weight is 246 g/mol. The Bertz CT molecular complexity index is 625. The van der Waals surface area contributed by atoms with E-state index in [1.165, 1.54) is 17.7 Å². The Balaban J connectivity index is 2.42. The number of nitrogens with one attached hydrogen (secondary N) is 1. The number of nitrogens with zero attached hydrogens (tertiary/aromatic N) is 1. The lowest BCUT2D eigenvalue weighted by molar-refractivity contribution is 0.415. The molecule has 0 unspecified atom stereocenters.